The SMILES string of the molecule is O=C1c2oc3ccc(Cl)cc3c(=O)c2C(c2cccc(OCc3ccccc3)c2)N1CCc1ccccc1. The summed E-state index contributed by atoms with van der Waals surface area (Å²) in [4.78, 5) is 29.2. The molecule has 0 bridgehead atoms. The highest BCUT2D eigenvalue weighted by atomic mass is 35.5. The third-order valence-corrected chi connectivity index (χ3v) is 7.07. The van der Waals surface area contributed by atoms with E-state index in [1.54, 1.807) is 23.1 Å². The van der Waals surface area contributed by atoms with Crippen LogP contribution in [0.5, 0.6) is 5.75 Å². The predicted molar refractivity (Wildman–Crippen MR) is 148 cm³/mol. The molecule has 1 aromatic heterocycles. The van der Waals surface area contributed by atoms with Crippen LogP contribution in [0.15, 0.2) is 112 Å². The van der Waals surface area contributed by atoms with Gasteiger partial charge in [0, 0.05) is 11.6 Å². The van der Waals surface area contributed by atoms with Gasteiger partial charge in [-0.25, -0.2) is 0 Å². The maximum Gasteiger partial charge on any atom is 0.290 e. The first-order valence-corrected chi connectivity index (χ1v) is 12.8. The lowest BCUT2D eigenvalue weighted by Crippen LogP contribution is -2.31. The molecule has 5 aromatic rings. The van der Waals surface area contributed by atoms with Gasteiger partial charge in [0.1, 0.15) is 17.9 Å². The second kappa shape index (κ2) is 10.2. The van der Waals surface area contributed by atoms with Gasteiger partial charge in [-0.3, -0.25) is 9.59 Å². The number of hydrogen-bond donors (Lipinski definition) is 0. The van der Waals surface area contributed by atoms with Gasteiger partial charge in [0.2, 0.25) is 5.76 Å². The Kier molecular flexibility index (Phi) is 6.44. The summed E-state index contributed by atoms with van der Waals surface area (Å²) in [6.45, 7) is 0.830. The molecule has 4 aromatic carbocycles. The van der Waals surface area contributed by atoms with Gasteiger partial charge in [-0.15, -0.1) is 0 Å². The maximum atomic E-state index is 13.8. The van der Waals surface area contributed by atoms with Crippen molar-refractivity contribution >= 4 is 28.5 Å². The molecule has 1 atom stereocenters. The number of nitrogens with zero attached hydrogens (tertiary/aromatic N) is 1. The quantitative estimate of drug-likeness (QED) is 0.236. The van der Waals surface area contributed by atoms with Crippen LogP contribution in [-0.4, -0.2) is 17.4 Å². The van der Waals surface area contributed by atoms with Gasteiger partial charge in [0.05, 0.1) is 17.0 Å². The van der Waals surface area contributed by atoms with Gasteiger partial charge in [-0.05, 0) is 53.4 Å². The Morgan fingerprint density at radius 2 is 1.55 bits per heavy atom. The van der Waals surface area contributed by atoms with Crippen molar-refractivity contribution < 1.29 is 13.9 Å². The Morgan fingerprint density at radius 1 is 0.816 bits per heavy atom. The number of benzene rings is 4. The van der Waals surface area contributed by atoms with E-state index < -0.39 is 6.04 Å². The minimum atomic E-state index is -0.610. The first kappa shape index (κ1) is 24.0. The second-order valence-electron chi connectivity index (χ2n) is 9.30. The minimum Gasteiger partial charge on any atom is -0.489 e. The van der Waals surface area contributed by atoms with E-state index in [4.69, 9.17) is 20.8 Å². The molecular weight excluding hydrogens is 498 g/mol. The Hall–Kier alpha value is -4.35. The molecule has 2 heterocycles. The smallest absolute Gasteiger partial charge is 0.290 e. The fourth-order valence-corrected chi connectivity index (χ4v) is 5.15. The highest BCUT2D eigenvalue weighted by molar-refractivity contribution is 6.31. The van der Waals surface area contributed by atoms with Crippen molar-refractivity contribution in [1.82, 2.24) is 4.90 Å². The number of halogens is 1. The van der Waals surface area contributed by atoms with Gasteiger partial charge in [-0.2, -0.15) is 0 Å². The molecule has 0 fully saturated rings. The normalized spacial score (nSPS) is 14.6. The largest absolute Gasteiger partial charge is 0.489 e. The number of hydrogen-bond acceptors (Lipinski definition) is 4. The zero-order valence-corrected chi connectivity index (χ0v) is 21.2. The second-order valence-corrected chi connectivity index (χ2v) is 9.73. The molecule has 0 spiro atoms. The lowest BCUT2D eigenvalue weighted by atomic mass is 9.98. The summed E-state index contributed by atoms with van der Waals surface area (Å²) in [6, 6.07) is 31.7. The van der Waals surface area contributed by atoms with Crippen LogP contribution in [0, 0.1) is 0 Å². The van der Waals surface area contributed by atoms with E-state index in [2.05, 4.69) is 0 Å². The van der Waals surface area contributed by atoms with E-state index in [1.165, 1.54) is 0 Å². The molecule has 6 heteroatoms. The molecule has 38 heavy (non-hydrogen) atoms. The number of rotatable bonds is 7. The van der Waals surface area contributed by atoms with Crippen molar-refractivity contribution in [2.75, 3.05) is 6.54 Å². The number of fused-ring (bicyclic) bond motifs is 2. The standard InChI is InChI=1S/C32H24ClNO4/c33-24-14-15-27-26(19-24)30(35)28-29(23-12-7-13-25(18-23)37-20-22-10-5-2-6-11-22)34(32(36)31(28)38-27)17-16-21-8-3-1-4-9-21/h1-15,18-19,29H,16-17,20H2. The molecule has 188 valence electrons. The van der Waals surface area contributed by atoms with Gasteiger partial charge in [-0.1, -0.05) is 84.4 Å². The summed E-state index contributed by atoms with van der Waals surface area (Å²) in [6.07, 6.45) is 0.640. The summed E-state index contributed by atoms with van der Waals surface area (Å²) < 4.78 is 12.1. The summed E-state index contributed by atoms with van der Waals surface area (Å²) in [5.41, 5.74) is 3.36. The van der Waals surface area contributed by atoms with Crippen LogP contribution in [0.4, 0.5) is 0 Å². The monoisotopic (exact) mass is 521 g/mol. The highest BCUT2D eigenvalue weighted by Gasteiger charge is 2.42. The van der Waals surface area contributed by atoms with E-state index >= 15 is 0 Å². The number of amides is 1. The lowest BCUT2D eigenvalue weighted by Gasteiger charge is -2.25. The molecule has 0 saturated heterocycles. The maximum absolute atomic E-state index is 13.8. The van der Waals surface area contributed by atoms with Crippen LogP contribution in [0.25, 0.3) is 11.0 Å². The minimum absolute atomic E-state index is 0.0819. The molecule has 1 amide bonds. The average molecular weight is 522 g/mol. The Morgan fingerprint density at radius 3 is 2.32 bits per heavy atom. The predicted octanol–water partition coefficient (Wildman–Crippen LogP) is 6.81. The molecule has 1 unspecified atom stereocenters. The number of ether oxygens (including phenoxy) is 1. The van der Waals surface area contributed by atoms with Crippen molar-refractivity contribution in [2.45, 2.75) is 19.1 Å². The molecule has 0 saturated carbocycles. The Balaban J connectivity index is 1.41. The van der Waals surface area contributed by atoms with Crippen molar-refractivity contribution in [1.29, 1.82) is 0 Å². The van der Waals surface area contributed by atoms with Crippen molar-refractivity contribution in [3.63, 3.8) is 0 Å². The van der Waals surface area contributed by atoms with Gasteiger partial charge in [0.25, 0.3) is 5.91 Å². The van der Waals surface area contributed by atoms with Crippen LogP contribution >= 0.6 is 11.6 Å². The molecule has 0 N–H and O–H groups in total. The lowest BCUT2D eigenvalue weighted by molar-refractivity contribution is 0.0730. The molecule has 0 aliphatic carbocycles. The molecule has 6 rings (SSSR count). The average Bonchev–Trinajstić information content (AvgIpc) is 3.24. The number of carbonyl (C=O) groups is 1. The third kappa shape index (κ3) is 4.57. The van der Waals surface area contributed by atoms with Crippen LogP contribution < -0.4 is 10.2 Å². The van der Waals surface area contributed by atoms with Crippen molar-refractivity contribution in [3.05, 3.63) is 146 Å². The zero-order chi connectivity index (χ0) is 26.1. The molecule has 1 aliphatic rings. The van der Waals surface area contributed by atoms with E-state index in [9.17, 15) is 9.59 Å². The van der Waals surface area contributed by atoms with Crippen LogP contribution in [-0.2, 0) is 13.0 Å². The van der Waals surface area contributed by atoms with Crippen LogP contribution in [0.2, 0.25) is 5.02 Å². The van der Waals surface area contributed by atoms with Gasteiger partial charge in [0.15, 0.2) is 5.43 Å². The molecule has 1 aliphatic heterocycles. The summed E-state index contributed by atoms with van der Waals surface area (Å²) in [5.74, 6) is 0.437. The van der Waals surface area contributed by atoms with Gasteiger partial charge < -0.3 is 14.1 Å². The first-order valence-electron chi connectivity index (χ1n) is 12.5. The fraction of sp³-hybridized carbons (Fsp3) is 0.125. The Labute approximate surface area is 224 Å². The van der Waals surface area contributed by atoms with E-state index in [1.807, 2.05) is 84.9 Å². The molecular formula is C32H24ClNO4. The molecule has 0 radical (unpaired) electrons. The third-order valence-electron chi connectivity index (χ3n) is 6.83. The van der Waals surface area contributed by atoms with E-state index in [0.717, 1.165) is 16.7 Å². The van der Waals surface area contributed by atoms with Gasteiger partial charge >= 0.3 is 0 Å². The van der Waals surface area contributed by atoms with Crippen molar-refractivity contribution in [2.24, 2.45) is 0 Å². The topological polar surface area (TPSA) is 59.8 Å². The fourth-order valence-electron chi connectivity index (χ4n) is 4.98. The number of carbonyl (C=O) groups excluding carboxylic acids is 1. The molecule has 5 nitrogen and oxygen atoms in total. The first-order chi connectivity index (χ1) is 18.6. The summed E-state index contributed by atoms with van der Waals surface area (Å²) in [7, 11) is 0. The Bertz CT molecular complexity index is 1680. The van der Waals surface area contributed by atoms with E-state index in [-0.39, 0.29) is 17.1 Å². The van der Waals surface area contributed by atoms with E-state index in [0.29, 0.717) is 46.9 Å². The zero-order valence-electron chi connectivity index (χ0n) is 20.5. The van der Waals surface area contributed by atoms with Crippen LogP contribution in [0.3, 0.4) is 0 Å². The summed E-state index contributed by atoms with van der Waals surface area (Å²) in [5, 5.41) is 0.790. The summed E-state index contributed by atoms with van der Waals surface area (Å²) >= 11 is 6.20. The highest BCUT2D eigenvalue weighted by Crippen LogP contribution is 2.39. The van der Waals surface area contributed by atoms with Crippen LogP contribution in [0.1, 0.15) is 38.9 Å². The van der Waals surface area contributed by atoms with Crippen molar-refractivity contribution in [3.8, 4) is 5.75 Å².